The van der Waals surface area contributed by atoms with Gasteiger partial charge < -0.3 is 4.74 Å². The van der Waals surface area contributed by atoms with Crippen molar-refractivity contribution in [1.29, 1.82) is 0 Å². The molecule has 1 aromatic carbocycles. The van der Waals surface area contributed by atoms with E-state index in [1.165, 1.54) is 12.8 Å². The average Bonchev–Trinajstić information content (AvgIpc) is 3.01. The molecule has 1 atom stereocenters. The molecule has 2 rings (SSSR count). The molecule has 1 unspecified atom stereocenters. The van der Waals surface area contributed by atoms with E-state index >= 15 is 0 Å². The summed E-state index contributed by atoms with van der Waals surface area (Å²) in [4.78, 5) is 2.35. The summed E-state index contributed by atoms with van der Waals surface area (Å²) in [5.41, 5.74) is 1.10. The van der Waals surface area contributed by atoms with Gasteiger partial charge in [-0.3, -0.25) is 4.90 Å². The monoisotopic (exact) mass is 326 g/mol. The van der Waals surface area contributed by atoms with Crippen molar-refractivity contribution in [2.45, 2.75) is 32.2 Å². The summed E-state index contributed by atoms with van der Waals surface area (Å²) in [6.07, 6.45) is 2.97. The zero-order valence-corrected chi connectivity index (χ0v) is 14.2. The number of hydrogen-bond acceptors (Lipinski definition) is 4. The van der Waals surface area contributed by atoms with Crippen LogP contribution in [0.25, 0.3) is 0 Å². The van der Waals surface area contributed by atoms with Gasteiger partial charge in [0.2, 0.25) is 10.0 Å². The minimum Gasteiger partial charge on any atom is -0.497 e. The van der Waals surface area contributed by atoms with Gasteiger partial charge in [-0.2, -0.15) is 0 Å². The normalized spacial score (nSPS) is 17.5. The van der Waals surface area contributed by atoms with Crippen molar-refractivity contribution in [3.63, 3.8) is 0 Å². The van der Waals surface area contributed by atoms with E-state index in [2.05, 4.69) is 9.62 Å². The Morgan fingerprint density at radius 2 is 2.05 bits per heavy atom. The average molecular weight is 326 g/mol. The highest BCUT2D eigenvalue weighted by atomic mass is 32.2. The second-order valence-electron chi connectivity index (χ2n) is 5.70. The smallest absolute Gasteiger partial charge is 0.211 e. The number of sulfonamides is 1. The fraction of sp³-hybridized carbons (Fsp3) is 0.625. The van der Waals surface area contributed by atoms with E-state index in [-0.39, 0.29) is 11.8 Å². The lowest BCUT2D eigenvalue weighted by molar-refractivity contribution is 0.246. The zero-order chi connectivity index (χ0) is 16.0. The van der Waals surface area contributed by atoms with Gasteiger partial charge in [-0.25, -0.2) is 13.1 Å². The largest absolute Gasteiger partial charge is 0.497 e. The van der Waals surface area contributed by atoms with Gasteiger partial charge in [0, 0.05) is 12.6 Å². The molecule has 22 heavy (non-hydrogen) atoms. The summed E-state index contributed by atoms with van der Waals surface area (Å²) in [7, 11) is -1.54. The van der Waals surface area contributed by atoms with E-state index in [1.54, 1.807) is 7.11 Å². The Balaban J connectivity index is 2.15. The lowest BCUT2D eigenvalue weighted by Crippen LogP contribution is -2.37. The lowest BCUT2D eigenvalue weighted by Gasteiger charge is -2.28. The highest BCUT2D eigenvalue weighted by Gasteiger charge is 2.25. The van der Waals surface area contributed by atoms with Crippen LogP contribution < -0.4 is 9.46 Å². The van der Waals surface area contributed by atoms with Gasteiger partial charge in [-0.15, -0.1) is 0 Å². The van der Waals surface area contributed by atoms with Crippen LogP contribution in [-0.2, 0) is 10.0 Å². The molecule has 5 nitrogen and oxygen atoms in total. The van der Waals surface area contributed by atoms with E-state index in [0.29, 0.717) is 13.0 Å². The van der Waals surface area contributed by atoms with Crippen molar-refractivity contribution in [1.82, 2.24) is 9.62 Å². The van der Waals surface area contributed by atoms with E-state index in [9.17, 15) is 8.42 Å². The summed E-state index contributed by atoms with van der Waals surface area (Å²) in [5, 5.41) is 0. The molecule has 0 aliphatic carbocycles. The number of hydrogen-bond donors (Lipinski definition) is 1. The quantitative estimate of drug-likeness (QED) is 0.795. The summed E-state index contributed by atoms with van der Waals surface area (Å²) in [5.74, 6) is 0.982. The van der Waals surface area contributed by atoms with Crippen LogP contribution in [0, 0.1) is 0 Å². The molecule has 1 heterocycles. The Labute approximate surface area is 133 Å². The van der Waals surface area contributed by atoms with Crippen LogP contribution in [0.1, 0.15) is 37.8 Å². The number of ether oxygens (including phenoxy) is 1. The van der Waals surface area contributed by atoms with Crippen LogP contribution in [0.15, 0.2) is 24.3 Å². The molecule has 1 aliphatic rings. The maximum atomic E-state index is 11.9. The van der Waals surface area contributed by atoms with Crippen molar-refractivity contribution in [2.24, 2.45) is 0 Å². The minimum atomic E-state index is -3.19. The van der Waals surface area contributed by atoms with E-state index < -0.39 is 10.0 Å². The van der Waals surface area contributed by atoms with E-state index in [4.69, 9.17) is 4.74 Å². The molecule has 1 aromatic rings. The van der Waals surface area contributed by atoms with Gasteiger partial charge in [0.05, 0.1) is 12.9 Å². The second kappa shape index (κ2) is 7.94. The molecule has 0 radical (unpaired) electrons. The number of benzene rings is 1. The summed E-state index contributed by atoms with van der Waals surface area (Å²) >= 11 is 0. The Kier molecular flexibility index (Phi) is 6.23. The highest BCUT2D eigenvalue weighted by Crippen LogP contribution is 2.27. The van der Waals surface area contributed by atoms with Crippen LogP contribution in [-0.4, -0.2) is 45.8 Å². The predicted molar refractivity (Wildman–Crippen MR) is 88.6 cm³/mol. The van der Waals surface area contributed by atoms with Crippen LogP contribution in [0.5, 0.6) is 5.75 Å². The molecule has 0 saturated carbocycles. The summed E-state index contributed by atoms with van der Waals surface area (Å²) < 4.78 is 32.0. The van der Waals surface area contributed by atoms with Crippen LogP contribution in [0.4, 0.5) is 0 Å². The van der Waals surface area contributed by atoms with E-state index in [0.717, 1.165) is 24.4 Å². The Bertz CT molecular complexity index is 569. The van der Waals surface area contributed by atoms with Gasteiger partial charge in [-0.1, -0.05) is 19.1 Å². The molecule has 6 heteroatoms. The molecule has 1 fully saturated rings. The summed E-state index contributed by atoms with van der Waals surface area (Å²) in [6.45, 7) is 4.31. The second-order valence-corrected chi connectivity index (χ2v) is 7.63. The number of nitrogens with one attached hydrogen (secondary N) is 1. The van der Waals surface area contributed by atoms with Crippen molar-refractivity contribution in [3.8, 4) is 5.75 Å². The van der Waals surface area contributed by atoms with Gasteiger partial charge in [0.15, 0.2) is 0 Å². The first-order valence-corrected chi connectivity index (χ1v) is 9.56. The Morgan fingerprint density at radius 3 is 2.68 bits per heavy atom. The van der Waals surface area contributed by atoms with Crippen molar-refractivity contribution >= 4 is 10.0 Å². The molecule has 1 N–H and O–H groups in total. The topological polar surface area (TPSA) is 58.6 Å². The van der Waals surface area contributed by atoms with Crippen molar-refractivity contribution in [3.05, 3.63) is 29.8 Å². The Hall–Kier alpha value is -1.11. The fourth-order valence-corrected chi connectivity index (χ4v) is 4.00. The molecular formula is C16H26N2O3S. The number of likely N-dealkylation sites (tertiary alicyclic amines) is 1. The lowest BCUT2D eigenvalue weighted by atomic mass is 10.1. The van der Waals surface area contributed by atoms with Crippen molar-refractivity contribution < 1.29 is 13.2 Å². The van der Waals surface area contributed by atoms with Crippen LogP contribution >= 0.6 is 0 Å². The first-order chi connectivity index (χ1) is 10.6. The molecular weight excluding hydrogens is 300 g/mol. The maximum Gasteiger partial charge on any atom is 0.211 e. The number of methoxy groups -OCH3 is 1. The van der Waals surface area contributed by atoms with E-state index in [1.807, 2.05) is 31.2 Å². The van der Waals surface area contributed by atoms with Gasteiger partial charge in [0.25, 0.3) is 0 Å². The SMILES string of the molecule is CCCS(=O)(=O)NCC(c1cccc(OC)c1)N1CCCC1. The zero-order valence-electron chi connectivity index (χ0n) is 13.4. The van der Waals surface area contributed by atoms with Crippen LogP contribution in [0.3, 0.4) is 0 Å². The molecule has 0 aromatic heterocycles. The molecule has 0 spiro atoms. The molecule has 0 amide bonds. The van der Waals surface area contributed by atoms with Crippen molar-refractivity contribution in [2.75, 3.05) is 32.5 Å². The van der Waals surface area contributed by atoms with Gasteiger partial charge in [0.1, 0.15) is 5.75 Å². The summed E-state index contributed by atoms with van der Waals surface area (Å²) in [6, 6.07) is 7.96. The third-order valence-corrected chi connectivity index (χ3v) is 5.58. The van der Waals surface area contributed by atoms with Crippen LogP contribution in [0.2, 0.25) is 0 Å². The standard InChI is InChI=1S/C16H26N2O3S/c1-3-11-22(19,20)17-13-16(18-9-4-5-10-18)14-7-6-8-15(12-14)21-2/h6-8,12,16-17H,3-5,9-11,13H2,1-2H3. The highest BCUT2D eigenvalue weighted by molar-refractivity contribution is 7.89. The molecule has 1 aliphatic heterocycles. The third kappa shape index (κ3) is 4.69. The fourth-order valence-electron chi connectivity index (χ4n) is 2.91. The first-order valence-electron chi connectivity index (χ1n) is 7.91. The predicted octanol–water partition coefficient (Wildman–Crippen LogP) is 2.16. The maximum absolute atomic E-state index is 11.9. The number of nitrogens with zero attached hydrogens (tertiary/aromatic N) is 1. The molecule has 0 bridgehead atoms. The Morgan fingerprint density at radius 1 is 1.32 bits per heavy atom. The number of rotatable bonds is 8. The first kappa shape index (κ1) is 17.2. The van der Waals surface area contributed by atoms with Gasteiger partial charge >= 0.3 is 0 Å². The third-order valence-electron chi connectivity index (χ3n) is 4.03. The molecule has 1 saturated heterocycles. The minimum absolute atomic E-state index is 0.0595. The molecule has 124 valence electrons. The van der Waals surface area contributed by atoms with Gasteiger partial charge in [-0.05, 0) is 50.0 Å².